The number of nitrogens with one attached hydrogen (secondary N) is 2. The fraction of sp³-hybridized carbons (Fsp3) is 0.333. The predicted molar refractivity (Wildman–Crippen MR) is 147 cm³/mol. The number of benzene rings is 3. The van der Waals surface area contributed by atoms with Crippen LogP contribution in [0.2, 0.25) is 0 Å². The molecule has 188 valence electrons. The Bertz CT molecular complexity index is 1100. The number of rotatable bonds is 10. The van der Waals surface area contributed by atoms with Gasteiger partial charge >= 0.3 is 0 Å². The molecule has 3 aromatic carbocycles. The van der Waals surface area contributed by atoms with Gasteiger partial charge in [0.1, 0.15) is 0 Å². The molecule has 1 fully saturated rings. The Kier molecular flexibility index (Phi) is 8.74. The monoisotopic (exact) mass is 484 g/mol. The molecule has 3 aromatic rings. The van der Waals surface area contributed by atoms with Crippen LogP contribution in [0.1, 0.15) is 46.7 Å². The normalized spacial score (nSPS) is 13.3. The quantitative estimate of drug-likeness (QED) is 0.408. The Balaban J connectivity index is 1.58. The average molecular weight is 485 g/mol. The first-order valence-corrected chi connectivity index (χ1v) is 12.8. The highest BCUT2D eigenvalue weighted by molar-refractivity contribution is 6.03. The minimum absolute atomic E-state index is 0.102. The van der Waals surface area contributed by atoms with Gasteiger partial charge in [0.05, 0.1) is 11.5 Å². The van der Waals surface area contributed by atoms with Crippen LogP contribution in [0, 0.1) is 0 Å². The lowest BCUT2D eigenvalue weighted by atomic mass is 9.90. The third-order valence-electron chi connectivity index (χ3n) is 6.55. The second-order valence-electron chi connectivity index (χ2n) is 9.58. The molecule has 36 heavy (non-hydrogen) atoms. The van der Waals surface area contributed by atoms with Crippen molar-refractivity contribution in [2.45, 2.75) is 25.2 Å². The van der Waals surface area contributed by atoms with Crippen LogP contribution in [-0.2, 0) is 4.79 Å². The maximum Gasteiger partial charge on any atom is 0.253 e. The van der Waals surface area contributed by atoms with Crippen molar-refractivity contribution in [3.05, 3.63) is 95.6 Å². The van der Waals surface area contributed by atoms with E-state index < -0.39 is 5.92 Å². The van der Waals surface area contributed by atoms with Crippen LogP contribution < -0.4 is 15.5 Å². The molecule has 4 rings (SSSR count). The van der Waals surface area contributed by atoms with Gasteiger partial charge in [0.2, 0.25) is 5.91 Å². The van der Waals surface area contributed by atoms with Crippen molar-refractivity contribution in [1.82, 2.24) is 10.2 Å². The Morgan fingerprint density at radius 3 is 2.08 bits per heavy atom. The van der Waals surface area contributed by atoms with Gasteiger partial charge in [0.15, 0.2) is 0 Å². The summed E-state index contributed by atoms with van der Waals surface area (Å²) in [5.74, 6) is -0.679. The molecule has 2 N–H and O–H groups in total. The Morgan fingerprint density at radius 1 is 0.889 bits per heavy atom. The van der Waals surface area contributed by atoms with E-state index in [-0.39, 0.29) is 11.8 Å². The van der Waals surface area contributed by atoms with Gasteiger partial charge in [-0.15, -0.1) is 0 Å². The maximum atomic E-state index is 13.6. The lowest BCUT2D eigenvalue weighted by Gasteiger charge is -2.23. The molecule has 2 amide bonds. The standard InChI is InChI=1S/C30H36N4O2/c1-33(2)19-11-18-31-29(35)26-22-25(16-17-27(26)34-20-9-10-21-34)32-30(36)28(23-12-5-3-6-13-23)24-14-7-4-8-15-24/h3-8,12-17,22,28H,9-11,18-21H2,1-2H3,(H,31,35)(H,32,36). The fourth-order valence-corrected chi connectivity index (χ4v) is 4.72. The summed E-state index contributed by atoms with van der Waals surface area (Å²) in [6, 6.07) is 25.3. The Morgan fingerprint density at radius 2 is 1.50 bits per heavy atom. The summed E-state index contributed by atoms with van der Waals surface area (Å²) >= 11 is 0. The molecule has 1 aliphatic rings. The highest BCUT2D eigenvalue weighted by Gasteiger charge is 2.24. The maximum absolute atomic E-state index is 13.6. The van der Waals surface area contributed by atoms with Crippen LogP contribution in [0.5, 0.6) is 0 Å². The topological polar surface area (TPSA) is 64.7 Å². The van der Waals surface area contributed by atoms with E-state index in [2.05, 4.69) is 20.4 Å². The second-order valence-corrected chi connectivity index (χ2v) is 9.58. The third-order valence-corrected chi connectivity index (χ3v) is 6.55. The van der Waals surface area contributed by atoms with Crippen LogP contribution in [-0.4, -0.2) is 57.0 Å². The van der Waals surface area contributed by atoms with Crippen molar-refractivity contribution in [2.24, 2.45) is 0 Å². The van der Waals surface area contributed by atoms with E-state index >= 15 is 0 Å². The lowest BCUT2D eigenvalue weighted by Crippen LogP contribution is -2.30. The van der Waals surface area contributed by atoms with Gasteiger partial charge < -0.3 is 20.4 Å². The minimum Gasteiger partial charge on any atom is -0.371 e. The lowest BCUT2D eigenvalue weighted by molar-refractivity contribution is -0.116. The average Bonchev–Trinajstić information content (AvgIpc) is 3.43. The first-order chi connectivity index (χ1) is 17.5. The van der Waals surface area contributed by atoms with Gasteiger partial charge in [-0.2, -0.15) is 0 Å². The smallest absolute Gasteiger partial charge is 0.253 e. The zero-order valence-electron chi connectivity index (χ0n) is 21.2. The SMILES string of the molecule is CN(C)CCCNC(=O)c1cc(NC(=O)C(c2ccccc2)c2ccccc2)ccc1N1CCCC1. The summed E-state index contributed by atoms with van der Waals surface area (Å²) in [6.45, 7) is 3.40. The van der Waals surface area contributed by atoms with Crippen LogP contribution in [0.15, 0.2) is 78.9 Å². The van der Waals surface area contributed by atoms with Crippen molar-refractivity contribution < 1.29 is 9.59 Å². The number of amides is 2. The number of carbonyl (C=O) groups is 2. The Hall–Kier alpha value is -3.64. The number of nitrogens with zero attached hydrogens (tertiary/aromatic N) is 2. The number of carbonyl (C=O) groups excluding carboxylic acids is 2. The van der Waals surface area contributed by atoms with Crippen LogP contribution in [0.25, 0.3) is 0 Å². The molecule has 0 unspecified atom stereocenters. The van der Waals surface area contributed by atoms with Gasteiger partial charge in [0, 0.05) is 31.0 Å². The van der Waals surface area contributed by atoms with Crippen molar-refractivity contribution in [3.63, 3.8) is 0 Å². The second kappa shape index (κ2) is 12.4. The molecule has 0 saturated carbocycles. The summed E-state index contributed by atoms with van der Waals surface area (Å²) in [4.78, 5) is 31.2. The molecule has 1 saturated heterocycles. The summed E-state index contributed by atoms with van der Waals surface area (Å²) < 4.78 is 0. The van der Waals surface area contributed by atoms with E-state index in [0.717, 1.165) is 55.7 Å². The van der Waals surface area contributed by atoms with E-state index in [1.54, 1.807) is 0 Å². The van der Waals surface area contributed by atoms with Crippen LogP contribution in [0.3, 0.4) is 0 Å². The third kappa shape index (κ3) is 6.52. The van der Waals surface area contributed by atoms with Crippen molar-refractivity contribution in [2.75, 3.05) is 50.5 Å². The van der Waals surface area contributed by atoms with Gasteiger partial charge in [-0.25, -0.2) is 0 Å². The van der Waals surface area contributed by atoms with E-state index in [4.69, 9.17) is 0 Å². The van der Waals surface area contributed by atoms with E-state index in [0.29, 0.717) is 17.8 Å². The molecule has 0 bridgehead atoms. The number of hydrogen-bond donors (Lipinski definition) is 2. The number of anilines is 2. The Labute approximate surface area is 214 Å². The zero-order chi connectivity index (χ0) is 25.3. The predicted octanol–water partition coefficient (Wildman–Crippen LogP) is 4.74. The molecule has 6 heteroatoms. The fourth-order valence-electron chi connectivity index (χ4n) is 4.72. The van der Waals surface area contributed by atoms with E-state index in [9.17, 15) is 9.59 Å². The van der Waals surface area contributed by atoms with Crippen molar-refractivity contribution in [3.8, 4) is 0 Å². The first-order valence-electron chi connectivity index (χ1n) is 12.8. The molecular weight excluding hydrogens is 448 g/mol. The van der Waals surface area contributed by atoms with Crippen molar-refractivity contribution >= 4 is 23.2 Å². The van der Waals surface area contributed by atoms with Gasteiger partial charge in [-0.1, -0.05) is 60.7 Å². The van der Waals surface area contributed by atoms with Gasteiger partial charge in [-0.05, 0) is 69.2 Å². The molecule has 0 aliphatic carbocycles. The van der Waals surface area contributed by atoms with Crippen LogP contribution in [0.4, 0.5) is 11.4 Å². The van der Waals surface area contributed by atoms with Gasteiger partial charge in [-0.3, -0.25) is 9.59 Å². The zero-order valence-corrected chi connectivity index (χ0v) is 21.2. The molecular formula is C30H36N4O2. The molecule has 1 aliphatic heterocycles. The summed E-state index contributed by atoms with van der Waals surface area (Å²) in [5.41, 5.74) is 4.01. The summed E-state index contributed by atoms with van der Waals surface area (Å²) in [6.07, 6.45) is 3.13. The minimum atomic E-state index is -0.450. The molecule has 6 nitrogen and oxygen atoms in total. The van der Waals surface area contributed by atoms with Crippen LogP contribution >= 0.6 is 0 Å². The highest BCUT2D eigenvalue weighted by atomic mass is 16.2. The highest BCUT2D eigenvalue weighted by Crippen LogP contribution is 2.30. The summed E-state index contributed by atoms with van der Waals surface area (Å²) in [5, 5.41) is 6.16. The van der Waals surface area contributed by atoms with E-state index in [1.165, 1.54) is 0 Å². The summed E-state index contributed by atoms with van der Waals surface area (Å²) in [7, 11) is 4.05. The van der Waals surface area contributed by atoms with E-state index in [1.807, 2.05) is 93.0 Å². The molecule has 0 radical (unpaired) electrons. The molecule has 0 atom stereocenters. The number of hydrogen-bond acceptors (Lipinski definition) is 4. The molecule has 0 spiro atoms. The largest absolute Gasteiger partial charge is 0.371 e. The molecule has 0 aromatic heterocycles. The first kappa shape index (κ1) is 25.5. The van der Waals surface area contributed by atoms with Crippen molar-refractivity contribution in [1.29, 1.82) is 0 Å². The van der Waals surface area contributed by atoms with Gasteiger partial charge in [0.25, 0.3) is 5.91 Å². The molecule has 1 heterocycles.